The summed E-state index contributed by atoms with van der Waals surface area (Å²) in [5, 5.41) is 16.4. The van der Waals surface area contributed by atoms with Gasteiger partial charge in [0.05, 0.1) is 27.2 Å². The predicted molar refractivity (Wildman–Crippen MR) is 157 cm³/mol. The van der Waals surface area contributed by atoms with Crippen LogP contribution in [0.5, 0.6) is 0 Å². The number of nitrogens with two attached hydrogens (primary N) is 1. The van der Waals surface area contributed by atoms with Crippen molar-refractivity contribution < 1.29 is 32.7 Å². The first kappa shape index (κ1) is 31.7. The molecule has 0 unspecified atom stereocenters. The Labute approximate surface area is 250 Å². The Morgan fingerprint density at radius 1 is 0.907 bits per heavy atom. The third-order valence-corrected chi connectivity index (χ3v) is 7.31. The van der Waals surface area contributed by atoms with Gasteiger partial charge in [-0.3, -0.25) is 9.59 Å². The van der Waals surface area contributed by atoms with Crippen molar-refractivity contribution in [3.8, 4) is 11.3 Å². The number of hydrogen-bond donors (Lipinski definition) is 3. The second kappa shape index (κ2) is 13.8. The number of hydrogen-bond acceptors (Lipinski definition) is 5. The maximum Gasteiger partial charge on any atom is 0.417 e. The maximum atomic E-state index is 13.9. The van der Waals surface area contributed by atoms with E-state index in [9.17, 15) is 32.7 Å². The van der Waals surface area contributed by atoms with Gasteiger partial charge in [-0.1, -0.05) is 55.5 Å². The van der Waals surface area contributed by atoms with Crippen LogP contribution >= 0.6 is 11.6 Å². The van der Waals surface area contributed by atoms with Crippen LogP contribution in [0.3, 0.4) is 0 Å². The number of carboxylic acid groups (broad SMARTS) is 1. The number of alkyl halides is 3. The summed E-state index contributed by atoms with van der Waals surface area (Å²) in [6, 6.07) is 13.2. The molecule has 43 heavy (non-hydrogen) atoms. The van der Waals surface area contributed by atoms with Crippen LogP contribution in [0.2, 0.25) is 5.02 Å². The quantitative estimate of drug-likeness (QED) is 0.151. The second-order valence-corrected chi connectivity index (χ2v) is 10.4. The summed E-state index contributed by atoms with van der Waals surface area (Å²) in [6.07, 6.45) is 1.000. The average molecular weight is 615 g/mol. The first-order chi connectivity index (χ1) is 20.5. The Bertz CT molecular complexity index is 1630. The summed E-state index contributed by atoms with van der Waals surface area (Å²) in [6.45, 7) is 1.10. The molecule has 3 aromatic carbocycles. The lowest BCUT2D eigenvalue weighted by Crippen LogP contribution is -2.24. The van der Waals surface area contributed by atoms with Gasteiger partial charge < -0.3 is 16.2 Å². The van der Waals surface area contributed by atoms with Crippen LogP contribution in [0.25, 0.3) is 22.2 Å². The van der Waals surface area contributed by atoms with Crippen molar-refractivity contribution in [2.24, 2.45) is 5.73 Å². The molecule has 0 aliphatic heterocycles. The fourth-order valence-electron chi connectivity index (χ4n) is 4.76. The lowest BCUT2D eigenvalue weighted by atomic mass is 10.0. The molecule has 0 atom stereocenters. The summed E-state index contributed by atoms with van der Waals surface area (Å²) in [5.41, 5.74) is 4.42. The van der Waals surface area contributed by atoms with Crippen molar-refractivity contribution in [1.29, 1.82) is 0 Å². The first-order valence-corrected chi connectivity index (χ1v) is 14.2. The lowest BCUT2D eigenvalue weighted by molar-refractivity contribution is -0.137. The van der Waals surface area contributed by atoms with Crippen molar-refractivity contribution in [3.05, 3.63) is 87.9 Å². The number of carbonyl (C=O) groups excluding carboxylic acids is 2. The molecule has 0 radical (unpaired) electrons. The molecule has 0 spiro atoms. The number of carboxylic acids is 1. The number of carbonyl (C=O) groups is 3. The van der Waals surface area contributed by atoms with E-state index in [1.54, 1.807) is 6.07 Å². The Morgan fingerprint density at radius 3 is 2.21 bits per heavy atom. The van der Waals surface area contributed by atoms with E-state index in [0.717, 1.165) is 55.3 Å². The van der Waals surface area contributed by atoms with Gasteiger partial charge in [0.25, 0.3) is 11.8 Å². The van der Waals surface area contributed by atoms with Gasteiger partial charge in [0.2, 0.25) is 0 Å². The SMILES string of the molecule is NCCCCCCCCNC(=O)c1ccc2c(-c3ccc(C(=O)O)cc3)nn(C(=O)c3c(Cl)cccc3C(F)(F)F)c2c1. The molecule has 1 heterocycles. The van der Waals surface area contributed by atoms with Gasteiger partial charge in [0.1, 0.15) is 5.69 Å². The molecule has 0 aliphatic carbocycles. The molecule has 0 fully saturated rings. The van der Waals surface area contributed by atoms with Crippen molar-refractivity contribution in [2.45, 2.75) is 44.7 Å². The number of amides is 1. The molecule has 1 amide bonds. The highest BCUT2D eigenvalue weighted by atomic mass is 35.5. The van der Waals surface area contributed by atoms with E-state index in [4.69, 9.17) is 17.3 Å². The predicted octanol–water partition coefficient (Wildman–Crippen LogP) is 6.79. The Kier molecular flexibility index (Phi) is 10.2. The number of nitrogens with one attached hydrogen (secondary N) is 1. The van der Waals surface area contributed by atoms with Gasteiger partial charge in [-0.15, -0.1) is 0 Å². The zero-order chi connectivity index (χ0) is 31.1. The van der Waals surface area contributed by atoms with Crippen LogP contribution in [-0.4, -0.2) is 45.8 Å². The molecule has 0 aliphatic rings. The minimum atomic E-state index is -4.87. The molecule has 12 heteroatoms. The van der Waals surface area contributed by atoms with Gasteiger partial charge in [-0.2, -0.15) is 23.0 Å². The van der Waals surface area contributed by atoms with E-state index in [-0.39, 0.29) is 22.3 Å². The van der Waals surface area contributed by atoms with Gasteiger partial charge >= 0.3 is 12.1 Å². The fourth-order valence-corrected chi connectivity index (χ4v) is 5.01. The Balaban J connectivity index is 1.70. The van der Waals surface area contributed by atoms with Crippen LogP contribution in [0.4, 0.5) is 13.2 Å². The minimum Gasteiger partial charge on any atom is -0.478 e. The highest BCUT2D eigenvalue weighted by Gasteiger charge is 2.37. The number of rotatable bonds is 12. The summed E-state index contributed by atoms with van der Waals surface area (Å²) >= 11 is 6.12. The van der Waals surface area contributed by atoms with E-state index in [1.807, 2.05) is 0 Å². The molecule has 0 bridgehead atoms. The number of unbranched alkanes of at least 4 members (excludes halogenated alkanes) is 5. The highest BCUT2D eigenvalue weighted by Crippen LogP contribution is 2.37. The Hall–Kier alpha value is -4.22. The van der Waals surface area contributed by atoms with Crippen LogP contribution < -0.4 is 11.1 Å². The monoisotopic (exact) mass is 614 g/mol. The standard InChI is InChI=1S/C31H30ClF3N4O4/c32-24-9-7-8-23(31(33,34)35)26(24)29(41)39-25-18-21(28(40)37-17-6-4-2-1-3-5-16-36)14-15-22(25)27(38-39)19-10-12-20(13-11-19)30(42)43/h7-15,18H,1-6,16-17,36H2,(H,37,40)(H,42,43). The van der Waals surface area contributed by atoms with Crippen molar-refractivity contribution in [3.63, 3.8) is 0 Å². The first-order valence-electron chi connectivity index (χ1n) is 13.8. The van der Waals surface area contributed by atoms with Crippen molar-refractivity contribution >= 4 is 40.3 Å². The molecule has 1 aromatic heterocycles. The molecule has 0 saturated heterocycles. The molecule has 226 valence electrons. The van der Waals surface area contributed by atoms with Crippen LogP contribution in [0.1, 0.15) is 75.2 Å². The lowest BCUT2D eigenvalue weighted by Gasteiger charge is -2.13. The molecule has 4 N–H and O–H groups in total. The normalized spacial score (nSPS) is 11.6. The number of aromatic carboxylic acids is 1. The van der Waals surface area contributed by atoms with Crippen LogP contribution in [-0.2, 0) is 6.18 Å². The second-order valence-electron chi connectivity index (χ2n) is 10.0. The third kappa shape index (κ3) is 7.41. The fraction of sp³-hybridized carbons (Fsp3) is 0.290. The number of fused-ring (bicyclic) bond motifs is 1. The van der Waals surface area contributed by atoms with Gasteiger partial charge in [-0.05, 0) is 61.9 Å². The van der Waals surface area contributed by atoms with Gasteiger partial charge in [0, 0.05) is 23.1 Å². The summed E-state index contributed by atoms with van der Waals surface area (Å²) < 4.78 is 42.4. The van der Waals surface area contributed by atoms with Crippen LogP contribution in [0, 0.1) is 0 Å². The number of aromatic nitrogens is 2. The van der Waals surface area contributed by atoms with E-state index >= 15 is 0 Å². The zero-order valence-corrected chi connectivity index (χ0v) is 23.8. The van der Waals surface area contributed by atoms with Crippen molar-refractivity contribution in [2.75, 3.05) is 13.1 Å². The summed E-state index contributed by atoms with van der Waals surface area (Å²) in [7, 11) is 0. The number of benzene rings is 3. The minimum absolute atomic E-state index is 0.0176. The molecule has 8 nitrogen and oxygen atoms in total. The van der Waals surface area contributed by atoms with E-state index in [2.05, 4.69) is 10.4 Å². The summed E-state index contributed by atoms with van der Waals surface area (Å²) in [5.74, 6) is -2.69. The van der Waals surface area contributed by atoms with Crippen molar-refractivity contribution in [1.82, 2.24) is 15.1 Å². The topological polar surface area (TPSA) is 127 Å². The summed E-state index contributed by atoms with van der Waals surface area (Å²) in [4.78, 5) is 38.0. The zero-order valence-electron chi connectivity index (χ0n) is 23.1. The van der Waals surface area contributed by atoms with E-state index < -0.39 is 40.1 Å². The maximum absolute atomic E-state index is 13.9. The van der Waals surface area contributed by atoms with E-state index in [0.29, 0.717) is 24.0 Å². The van der Waals surface area contributed by atoms with E-state index in [1.165, 1.54) is 42.5 Å². The molecule has 4 rings (SSSR count). The third-order valence-electron chi connectivity index (χ3n) is 6.99. The smallest absolute Gasteiger partial charge is 0.417 e. The van der Waals surface area contributed by atoms with Gasteiger partial charge in [-0.25, -0.2) is 4.79 Å². The number of halogens is 4. The highest BCUT2D eigenvalue weighted by molar-refractivity contribution is 6.34. The molecular formula is C31H30ClF3N4O4. The average Bonchev–Trinajstić information content (AvgIpc) is 3.36. The molecule has 0 saturated carbocycles. The van der Waals surface area contributed by atoms with Crippen LogP contribution in [0.15, 0.2) is 60.7 Å². The van der Waals surface area contributed by atoms with Gasteiger partial charge in [0.15, 0.2) is 0 Å². The largest absolute Gasteiger partial charge is 0.478 e. The molecular weight excluding hydrogens is 585 g/mol. The Morgan fingerprint density at radius 2 is 1.56 bits per heavy atom. The number of nitrogens with zero attached hydrogens (tertiary/aromatic N) is 2. The molecule has 4 aromatic rings.